The molecule has 0 aliphatic heterocycles. The number of aromatic nitrogens is 1. The minimum atomic E-state index is 0.744. The standard InChI is InChI=1S/C10H15ClN2/c1-13-7-8(11)5-10(13)6-12-9-3-2-4-9/h5,7,9,12H,2-4,6H2,1H3. The van der Waals surface area contributed by atoms with Crippen LogP contribution in [0.5, 0.6) is 0 Å². The third-order valence-electron chi connectivity index (χ3n) is 2.75. The van der Waals surface area contributed by atoms with E-state index in [1.165, 1.54) is 25.0 Å². The largest absolute Gasteiger partial charge is 0.352 e. The highest BCUT2D eigenvalue weighted by molar-refractivity contribution is 6.30. The van der Waals surface area contributed by atoms with Gasteiger partial charge in [-0.15, -0.1) is 0 Å². The van der Waals surface area contributed by atoms with Gasteiger partial charge >= 0.3 is 0 Å². The molecular formula is C10H15ClN2. The van der Waals surface area contributed by atoms with Crippen LogP contribution in [0.2, 0.25) is 5.02 Å². The van der Waals surface area contributed by atoms with E-state index in [9.17, 15) is 0 Å². The molecule has 1 N–H and O–H groups in total. The van der Waals surface area contributed by atoms with Crippen LogP contribution in [0.4, 0.5) is 0 Å². The van der Waals surface area contributed by atoms with Crippen molar-refractivity contribution in [3.63, 3.8) is 0 Å². The molecule has 1 aromatic heterocycles. The summed E-state index contributed by atoms with van der Waals surface area (Å²) in [5, 5.41) is 4.34. The smallest absolute Gasteiger partial charge is 0.0585 e. The average molecular weight is 199 g/mol. The minimum Gasteiger partial charge on any atom is -0.352 e. The number of aryl methyl sites for hydroxylation is 1. The summed E-state index contributed by atoms with van der Waals surface area (Å²) in [7, 11) is 2.03. The summed E-state index contributed by atoms with van der Waals surface area (Å²) in [5.74, 6) is 0. The first-order valence-corrected chi connectivity index (χ1v) is 5.17. The van der Waals surface area contributed by atoms with Gasteiger partial charge in [0.05, 0.1) is 5.02 Å². The lowest BCUT2D eigenvalue weighted by Crippen LogP contribution is -2.34. The van der Waals surface area contributed by atoms with Gasteiger partial charge in [0.1, 0.15) is 0 Å². The highest BCUT2D eigenvalue weighted by atomic mass is 35.5. The number of rotatable bonds is 3. The molecule has 0 saturated heterocycles. The van der Waals surface area contributed by atoms with Gasteiger partial charge in [0, 0.05) is 31.5 Å². The second-order valence-electron chi connectivity index (χ2n) is 3.77. The molecule has 0 spiro atoms. The SMILES string of the molecule is Cn1cc(Cl)cc1CNC1CCC1. The maximum atomic E-state index is 5.88. The molecule has 1 heterocycles. The van der Waals surface area contributed by atoms with Crippen LogP contribution in [-0.2, 0) is 13.6 Å². The molecule has 0 aromatic carbocycles. The van der Waals surface area contributed by atoms with E-state index in [-0.39, 0.29) is 0 Å². The fourth-order valence-corrected chi connectivity index (χ4v) is 1.88. The number of hydrogen-bond acceptors (Lipinski definition) is 1. The van der Waals surface area contributed by atoms with Crippen molar-refractivity contribution < 1.29 is 0 Å². The Hall–Kier alpha value is -0.470. The molecule has 13 heavy (non-hydrogen) atoms. The zero-order chi connectivity index (χ0) is 9.26. The minimum absolute atomic E-state index is 0.744. The average Bonchev–Trinajstić information content (AvgIpc) is 2.27. The van der Waals surface area contributed by atoms with Crippen LogP contribution in [0.1, 0.15) is 25.0 Å². The zero-order valence-electron chi connectivity index (χ0n) is 7.89. The van der Waals surface area contributed by atoms with Crippen molar-refractivity contribution in [3.8, 4) is 0 Å². The summed E-state index contributed by atoms with van der Waals surface area (Å²) in [6, 6.07) is 2.77. The lowest BCUT2D eigenvalue weighted by Gasteiger charge is -2.26. The summed E-state index contributed by atoms with van der Waals surface area (Å²) in [6.07, 6.45) is 5.99. The molecule has 0 radical (unpaired) electrons. The van der Waals surface area contributed by atoms with Gasteiger partial charge in [-0.3, -0.25) is 0 Å². The summed E-state index contributed by atoms with van der Waals surface area (Å²) in [5.41, 5.74) is 1.26. The molecule has 2 rings (SSSR count). The van der Waals surface area contributed by atoms with E-state index in [2.05, 4.69) is 9.88 Å². The number of nitrogens with zero attached hydrogens (tertiary/aromatic N) is 1. The molecule has 0 bridgehead atoms. The van der Waals surface area contributed by atoms with Crippen LogP contribution in [0.25, 0.3) is 0 Å². The first-order valence-electron chi connectivity index (χ1n) is 4.80. The Morgan fingerprint density at radius 2 is 2.38 bits per heavy atom. The van der Waals surface area contributed by atoms with Crippen LogP contribution in [-0.4, -0.2) is 10.6 Å². The number of halogens is 1. The van der Waals surface area contributed by atoms with E-state index >= 15 is 0 Å². The molecule has 72 valence electrons. The maximum Gasteiger partial charge on any atom is 0.0585 e. The van der Waals surface area contributed by atoms with E-state index in [4.69, 9.17) is 11.6 Å². The summed E-state index contributed by atoms with van der Waals surface area (Å²) in [6.45, 7) is 0.938. The van der Waals surface area contributed by atoms with Gasteiger partial charge in [-0.2, -0.15) is 0 Å². The lowest BCUT2D eigenvalue weighted by atomic mass is 9.93. The van der Waals surface area contributed by atoms with Crippen molar-refractivity contribution in [2.45, 2.75) is 31.8 Å². The fraction of sp³-hybridized carbons (Fsp3) is 0.600. The molecule has 1 aliphatic rings. The van der Waals surface area contributed by atoms with Gasteiger partial charge in [-0.05, 0) is 18.9 Å². The number of nitrogens with one attached hydrogen (secondary N) is 1. The molecule has 0 atom stereocenters. The van der Waals surface area contributed by atoms with Gasteiger partial charge in [-0.1, -0.05) is 18.0 Å². The summed E-state index contributed by atoms with van der Waals surface area (Å²) in [4.78, 5) is 0. The zero-order valence-corrected chi connectivity index (χ0v) is 8.64. The topological polar surface area (TPSA) is 17.0 Å². The molecule has 0 unspecified atom stereocenters. The Bertz CT molecular complexity index is 289. The Morgan fingerprint density at radius 3 is 2.85 bits per heavy atom. The highest BCUT2D eigenvalue weighted by Gasteiger charge is 2.16. The molecule has 1 saturated carbocycles. The summed E-state index contributed by atoms with van der Waals surface area (Å²) < 4.78 is 2.08. The van der Waals surface area contributed by atoms with Gasteiger partial charge in [-0.25, -0.2) is 0 Å². The monoisotopic (exact) mass is 198 g/mol. The van der Waals surface area contributed by atoms with Crippen LogP contribution in [0.15, 0.2) is 12.3 Å². The predicted octanol–water partition coefficient (Wildman–Crippen LogP) is 2.32. The molecule has 3 heteroatoms. The van der Waals surface area contributed by atoms with Crippen LogP contribution < -0.4 is 5.32 Å². The first kappa shape index (κ1) is 9.10. The van der Waals surface area contributed by atoms with E-state index in [0.717, 1.165) is 17.6 Å². The molecule has 1 aliphatic carbocycles. The van der Waals surface area contributed by atoms with Crippen LogP contribution in [0.3, 0.4) is 0 Å². The Balaban J connectivity index is 1.89. The molecule has 1 fully saturated rings. The van der Waals surface area contributed by atoms with Gasteiger partial charge < -0.3 is 9.88 Å². The van der Waals surface area contributed by atoms with Gasteiger partial charge in [0.2, 0.25) is 0 Å². The molecule has 1 aromatic rings. The van der Waals surface area contributed by atoms with E-state index in [0.29, 0.717) is 0 Å². The van der Waals surface area contributed by atoms with Crippen molar-refractivity contribution in [2.24, 2.45) is 7.05 Å². The predicted molar refractivity (Wildman–Crippen MR) is 54.9 cm³/mol. The molecular weight excluding hydrogens is 184 g/mol. The quantitative estimate of drug-likeness (QED) is 0.789. The number of hydrogen-bond donors (Lipinski definition) is 1. The third-order valence-corrected chi connectivity index (χ3v) is 2.96. The van der Waals surface area contributed by atoms with E-state index in [1.807, 2.05) is 19.3 Å². The lowest BCUT2D eigenvalue weighted by molar-refractivity contribution is 0.335. The van der Waals surface area contributed by atoms with Crippen molar-refractivity contribution >= 4 is 11.6 Å². The van der Waals surface area contributed by atoms with E-state index in [1.54, 1.807) is 0 Å². The van der Waals surface area contributed by atoms with Crippen LogP contribution >= 0.6 is 11.6 Å². The van der Waals surface area contributed by atoms with Crippen LogP contribution in [0, 0.1) is 0 Å². The Morgan fingerprint density at radius 1 is 1.62 bits per heavy atom. The maximum absolute atomic E-state index is 5.88. The Labute approximate surface area is 83.9 Å². The van der Waals surface area contributed by atoms with Crippen molar-refractivity contribution in [1.82, 2.24) is 9.88 Å². The second-order valence-corrected chi connectivity index (χ2v) is 4.21. The van der Waals surface area contributed by atoms with Crippen molar-refractivity contribution in [1.29, 1.82) is 0 Å². The summed E-state index contributed by atoms with van der Waals surface area (Å²) >= 11 is 5.88. The van der Waals surface area contributed by atoms with Crippen molar-refractivity contribution in [3.05, 3.63) is 23.0 Å². The van der Waals surface area contributed by atoms with E-state index < -0.39 is 0 Å². The van der Waals surface area contributed by atoms with Crippen molar-refractivity contribution in [2.75, 3.05) is 0 Å². The molecule has 2 nitrogen and oxygen atoms in total. The third kappa shape index (κ3) is 2.06. The highest BCUT2D eigenvalue weighted by Crippen LogP contribution is 2.19. The Kier molecular flexibility index (Phi) is 2.61. The second kappa shape index (κ2) is 3.72. The van der Waals surface area contributed by atoms with Gasteiger partial charge in [0.25, 0.3) is 0 Å². The first-order chi connectivity index (χ1) is 6.25. The molecule has 0 amide bonds. The normalized spacial score (nSPS) is 17.4. The van der Waals surface area contributed by atoms with Gasteiger partial charge in [0.15, 0.2) is 0 Å². The fourth-order valence-electron chi connectivity index (χ4n) is 1.60.